The van der Waals surface area contributed by atoms with Crippen LogP contribution in [0.1, 0.15) is 15.9 Å². The summed E-state index contributed by atoms with van der Waals surface area (Å²) < 4.78 is 6.19. The summed E-state index contributed by atoms with van der Waals surface area (Å²) in [6, 6.07) is 3.94. The fraction of sp³-hybridized carbons (Fsp3) is 0.200. The fourth-order valence-electron chi connectivity index (χ4n) is 1.99. The number of nitrogens with one attached hydrogen (secondary N) is 2. The van der Waals surface area contributed by atoms with Crippen molar-refractivity contribution in [3.8, 4) is 11.6 Å². The molecule has 0 fully saturated rings. The van der Waals surface area contributed by atoms with Gasteiger partial charge in [-0.05, 0) is 30.4 Å². The predicted molar refractivity (Wildman–Crippen MR) is 97.6 cm³/mol. The third kappa shape index (κ3) is 4.48. The van der Waals surface area contributed by atoms with Crippen LogP contribution >= 0.6 is 23.8 Å². The molecule has 0 atom stereocenters. The number of nitrogens with zero attached hydrogens (tertiary/aromatic N) is 2. The summed E-state index contributed by atoms with van der Waals surface area (Å²) in [5.41, 5.74) is 1.16. The number of carbonyl (C=O) groups is 1. The number of amides is 1. The summed E-state index contributed by atoms with van der Waals surface area (Å²) in [4.78, 5) is 26.3. The number of hydrazone groups is 1. The number of hydrogen-bond acceptors (Lipinski definition) is 7. The summed E-state index contributed by atoms with van der Waals surface area (Å²) in [6.45, 7) is 0.469. The maximum absolute atomic E-state index is 12.0. The molecule has 0 unspecified atom stereocenters. The van der Waals surface area contributed by atoms with Gasteiger partial charge in [-0.1, -0.05) is 11.6 Å². The largest absolute Gasteiger partial charge is 0.507 e. The van der Waals surface area contributed by atoms with E-state index in [0.717, 1.165) is 6.21 Å². The molecule has 26 heavy (non-hydrogen) atoms. The molecule has 0 saturated carbocycles. The minimum atomic E-state index is -0.746. The van der Waals surface area contributed by atoms with Gasteiger partial charge in [0.05, 0.1) is 24.9 Å². The van der Waals surface area contributed by atoms with Gasteiger partial charge in [-0.15, -0.1) is 0 Å². The molecular weight excluding hydrogens is 384 g/mol. The summed E-state index contributed by atoms with van der Waals surface area (Å²) >= 11 is 10.8. The van der Waals surface area contributed by atoms with E-state index in [1.165, 1.54) is 29.9 Å². The summed E-state index contributed by atoms with van der Waals surface area (Å²) in [5.74, 6) is -1.45. The number of carbonyl (C=O) groups excluding carboxylic acids is 1. The number of phenols is 1. The molecule has 2 rings (SSSR count). The zero-order chi connectivity index (χ0) is 19.3. The van der Waals surface area contributed by atoms with Gasteiger partial charge in [-0.25, -0.2) is 5.43 Å². The van der Waals surface area contributed by atoms with Gasteiger partial charge < -0.3 is 14.9 Å². The molecule has 4 N–H and O–H groups in total. The standard InChI is InChI=1S/C15H15ClN4O5S/c1-25-5-4-20-14(24)10(12(22)18-15(20)26)7-17-19-13(23)9-6-8(16)2-3-11(9)21/h2-3,6-7,21,24H,4-5H2,1H3,(H,19,23)(H,18,22,26)/b17-7-. The lowest BCUT2D eigenvalue weighted by atomic mass is 10.2. The quantitative estimate of drug-likeness (QED) is 0.330. The van der Waals surface area contributed by atoms with E-state index < -0.39 is 17.3 Å². The third-order valence-corrected chi connectivity index (χ3v) is 3.85. The molecule has 138 valence electrons. The van der Waals surface area contributed by atoms with Crippen LogP contribution in [-0.4, -0.2) is 45.6 Å². The number of aromatic nitrogens is 2. The van der Waals surface area contributed by atoms with E-state index in [9.17, 15) is 19.8 Å². The second kappa shape index (κ2) is 8.61. The van der Waals surface area contributed by atoms with Crippen molar-refractivity contribution < 1.29 is 19.7 Å². The Kier molecular flexibility index (Phi) is 6.50. The fourth-order valence-corrected chi connectivity index (χ4v) is 2.43. The molecule has 11 heteroatoms. The van der Waals surface area contributed by atoms with Crippen LogP contribution in [0, 0.1) is 4.77 Å². The van der Waals surface area contributed by atoms with Crippen molar-refractivity contribution in [2.75, 3.05) is 13.7 Å². The van der Waals surface area contributed by atoms with E-state index in [-0.39, 0.29) is 39.8 Å². The van der Waals surface area contributed by atoms with Gasteiger partial charge in [0.1, 0.15) is 11.3 Å². The van der Waals surface area contributed by atoms with Crippen LogP contribution in [0.4, 0.5) is 0 Å². The van der Waals surface area contributed by atoms with Crippen molar-refractivity contribution in [1.29, 1.82) is 0 Å². The van der Waals surface area contributed by atoms with Crippen molar-refractivity contribution in [3.63, 3.8) is 0 Å². The van der Waals surface area contributed by atoms with E-state index in [1.54, 1.807) is 0 Å². The molecule has 1 amide bonds. The highest BCUT2D eigenvalue weighted by molar-refractivity contribution is 7.71. The number of halogens is 1. The first-order valence-corrected chi connectivity index (χ1v) is 8.00. The van der Waals surface area contributed by atoms with Crippen LogP contribution in [0.25, 0.3) is 0 Å². The highest BCUT2D eigenvalue weighted by atomic mass is 35.5. The molecule has 0 aliphatic heterocycles. The van der Waals surface area contributed by atoms with Crippen molar-refractivity contribution in [2.45, 2.75) is 6.54 Å². The highest BCUT2D eigenvalue weighted by Crippen LogP contribution is 2.21. The van der Waals surface area contributed by atoms with Gasteiger partial charge in [0.15, 0.2) is 4.77 Å². The Morgan fingerprint density at radius 2 is 2.23 bits per heavy atom. The Morgan fingerprint density at radius 1 is 1.50 bits per heavy atom. The Morgan fingerprint density at radius 3 is 2.92 bits per heavy atom. The summed E-state index contributed by atoms with van der Waals surface area (Å²) in [6.07, 6.45) is 0.964. The van der Waals surface area contributed by atoms with Gasteiger partial charge in [0.2, 0.25) is 5.88 Å². The van der Waals surface area contributed by atoms with Gasteiger partial charge >= 0.3 is 0 Å². The molecule has 0 saturated heterocycles. The third-order valence-electron chi connectivity index (χ3n) is 3.29. The van der Waals surface area contributed by atoms with Gasteiger partial charge in [-0.2, -0.15) is 5.10 Å². The van der Waals surface area contributed by atoms with Crippen LogP contribution in [-0.2, 0) is 11.3 Å². The number of hydrogen-bond donors (Lipinski definition) is 4. The first kappa shape index (κ1) is 19.6. The molecule has 0 aliphatic carbocycles. The zero-order valence-electron chi connectivity index (χ0n) is 13.5. The normalized spacial score (nSPS) is 11.0. The first-order chi connectivity index (χ1) is 12.3. The van der Waals surface area contributed by atoms with Crippen LogP contribution in [0.3, 0.4) is 0 Å². The number of ether oxygens (including phenoxy) is 1. The zero-order valence-corrected chi connectivity index (χ0v) is 15.1. The Balaban J connectivity index is 2.25. The molecule has 2 aromatic rings. The Hall–Kier alpha value is -2.69. The second-order valence-corrected chi connectivity index (χ2v) is 5.82. The van der Waals surface area contributed by atoms with E-state index in [4.69, 9.17) is 28.6 Å². The van der Waals surface area contributed by atoms with Crippen LogP contribution in [0.15, 0.2) is 28.1 Å². The smallest absolute Gasteiger partial charge is 0.275 e. The maximum atomic E-state index is 12.0. The molecule has 0 radical (unpaired) electrons. The molecular formula is C15H15ClN4O5S. The average molecular weight is 399 g/mol. The Labute approximate surface area is 157 Å². The molecule has 1 aromatic carbocycles. The number of rotatable bonds is 6. The van der Waals surface area contributed by atoms with Gasteiger partial charge in [0, 0.05) is 12.1 Å². The lowest BCUT2D eigenvalue weighted by molar-refractivity contribution is 0.0952. The number of phenolic OH excluding ortho intramolecular Hbond substituents is 1. The van der Waals surface area contributed by atoms with Crippen molar-refractivity contribution in [1.82, 2.24) is 15.0 Å². The average Bonchev–Trinajstić information content (AvgIpc) is 2.59. The number of methoxy groups -OCH3 is 1. The van der Waals surface area contributed by atoms with Crippen LogP contribution < -0.4 is 11.0 Å². The number of aromatic hydroxyl groups is 2. The molecule has 0 aliphatic rings. The monoisotopic (exact) mass is 398 g/mol. The predicted octanol–water partition coefficient (Wildman–Crippen LogP) is 1.38. The van der Waals surface area contributed by atoms with E-state index in [1.807, 2.05) is 0 Å². The van der Waals surface area contributed by atoms with E-state index >= 15 is 0 Å². The highest BCUT2D eigenvalue weighted by Gasteiger charge is 2.13. The molecule has 1 heterocycles. The van der Waals surface area contributed by atoms with Crippen LogP contribution in [0.2, 0.25) is 5.02 Å². The topological polar surface area (TPSA) is 129 Å². The number of H-pyrrole nitrogens is 1. The minimum absolute atomic E-state index is 0.0228. The molecule has 9 nitrogen and oxygen atoms in total. The van der Waals surface area contributed by atoms with E-state index in [2.05, 4.69) is 15.5 Å². The Bertz CT molecular complexity index is 969. The molecule has 0 bridgehead atoms. The summed E-state index contributed by atoms with van der Waals surface area (Å²) in [5, 5.41) is 23.7. The second-order valence-electron chi connectivity index (χ2n) is 5.00. The number of benzene rings is 1. The molecule has 0 spiro atoms. The van der Waals surface area contributed by atoms with Crippen LogP contribution in [0.5, 0.6) is 11.6 Å². The number of aromatic amines is 1. The van der Waals surface area contributed by atoms with Crippen molar-refractivity contribution in [3.05, 3.63) is 49.5 Å². The summed E-state index contributed by atoms with van der Waals surface area (Å²) in [7, 11) is 1.48. The first-order valence-electron chi connectivity index (χ1n) is 7.22. The lowest BCUT2D eigenvalue weighted by Crippen LogP contribution is -2.22. The van der Waals surface area contributed by atoms with E-state index in [0.29, 0.717) is 0 Å². The SMILES string of the molecule is COCCn1c(O)c(/C=N\NC(=O)c2cc(Cl)ccc2O)c(=O)[nH]c1=S. The lowest BCUT2D eigenvalue weighted by Gasteiger charge is -2.10. The molecule has 1 aromatic heterocycles. The van der Waals surface area contributed by atoms with Gasteiger partial charge in [-0.3, -0.25) is 19.1 Å². The minimum Gasteiger partial charge on any atom is -0.507 e. The van der Waals surface area contributed by atoms with Gasteiger partial charge in [0.25, 0.3) is 11.5 Å². The van der Waals surface area contributed by atoms with Crippen molar-refractivity contribution >= 4 is 35.9 Å². The maximum Gasteiger partial charge on any atom is 0.275 e. The van der Waals surface area contributed by atoms with Crippen molar-refractivity contribution in [2.24, 2.45) is 5.10 Å².